The molecule has 94 valence electrons. The van der Waals surface area contributed by atoms with E-state index in [-0.39, 0.29) is 11.3 Å². The SMILES string of the molecule is Cc1nn(C)c(C)c1-c1ccc(C(=O)O)c(N)c1. The minimum Gasteiger partial charge on any atom is -0.478 e. The van der Waals surface area contributed by atoms with E-state index in [0.717, 1.165) is 22.5 Å². The number of carboxylic acids is 1. The van der Waals surface area contributed by atoms with E-state index in [4.69, 9.17) is 10.8 Å². The van der Waals surface area contributed by atoms with Gasteiger partial charge in [-0.05, 0) is 31.5 Å². The highest BCUT2D eigenvalue weighted by molar-refractivity contribution is 5.94. The van der Waals surface area contributed by atoms with Crippen molar-refractivity contribution in [1.82, 2.24) is 9.78 Å². The highest BCUT2D eigenvalue weighted by atomic mass is 16.4. The first-order valence-electron chi connectivity index (χ1n) is 5.55. The average molecular weight is 245 g/mol. The van der Waals surface area contributed by atoms with Crippen molar-refractivity contribution in [2.24, 2.45) is 7.05 Å². The van der Waals surface area contributed by atoms with E-state index in [9.17, 15) is 4.79 Å². The molecule has 0 aliphatic rings. The molecule has 5 heteroatoms. The Balaban J connectivity index is 2.59. The van der Waals surface area contributed by atoms with Crippen molar-refractivity contribution >= 4 is 11.7 Å². The van der Waals surface area contributed by atoms with Crippen LogP contribution in [0.5, 0.6) is 0 Å². The standard InChI is InChI=1S/C13H15N3O2/c1-7-12(8(2)16(3)15-7)9-4-5-10(13(17)18)11(14)6-9/h4-6H,14H2,1-3H3,(H,17,18). The van der Waals surface area contributed by atoms with E-state index < -0.39 is 5.97 Å². The lowest BCUT2D eigenvalue weighted by atomic mass is 10.0. The van der Waals surface area contributed by atoms with Crippen molar-refractivity contribution in [2.45, 2.75) is 13.8 Å². The third-order valence-electron chi connectivity index (χ3n) is 3.08. The van der Waals surface area contributed by atoms with Crippen molar-refractivity contribution in [3.63, 3.8) is 0 Å². The molecule has 18 heavy (non-hydrogen) atoms. The summed E-state index contributed by atoms with van der Waals surface area (Å²) in [6.07, 6.45) is 0. The van der Waals surface area contributed by atoms with E-state index in [1.165, 1.54) is 6.07 Å². The number of benzene rings is 1. The summed E-state index contributed by atoms with van der Waals surface area (Å²) in [5, 5.41) is 13.3. The maximum Gasteiger partial charge on any atom is 0.337 e. The zero-order valence-electron chi connectivity index (χ0n) is 10.6. The summed E-state index contributed by atoms with van der Waals surface area (Å²) in [7, 11) is 1.88. The second-order valence-electron chi connectivity index (χ2n) is 4.28. The fourth-order valence-corrected chi connectivity index (χ4v) is 2.10. The van der Waals surface area contributed by atoms with Crippen molar-refractivity contribution in [3.05, 3.63) is 35.2 Å². The monoisotopic (exact) mass is 245 g/mol. The molecule has 0 aliphatic heterocycles. The predicted octanol–water partition coefficient (Wildman–Crippen LogP) is 1.98. The van der Waals surface area contributed by atoms with Crippen LogP contribution in [0.3, 0.4) is 0 Å². The Kier molecular flexibility index (Phi) is 2.82. The molecule has 5 nitrogen and oxygen atoms in total. The Morgan fingerprint density at radius 3 is 2.50 bits per heavy atom. The highest BCUT2D eigenvalue weighted by Gasteiger charge is 2.14. The topological polar surface area (TPSA) is 81.1 Å². The second-order valence-corrected chi connectivity index (χ2v) is 4.28. The third kappa shape index (κ3) is 1.84. The lowest BCUT2D eigenvalue weighted by molar-refractivity contribution is 0.0698. The number of nitrogens with two attached hydrogens (primary N) is 1. The fraction of sp³-hybridized carbons (Fsp3) is 0.231. The van der Waals surface area contributed by atoms with Gasteiger partial charge in [0.15, 0.2) is 0 Å². The Morgan fingerprint density at radius 1 is 1.39 bits per heavy atom. The largest absolute Gasteiger partial charge is 0.478 e. The second kappa shape index (κ2) is 4.18. The van der Waals surface area contributed by atoms with E-state index in [1.54, 1.807) is 16.8 Å². The van der Waals surface area contributed by atoms with E-state index >= 15 is 0 Å². The molecule has 0 saturated heterocycles. The van der Waals surface area contributed by atoms with Crippen LogP contribution in [0.25, 0.3) is 11.1 Å². The highest BCUT2D eigenvalue weighted by Crippen LogP contribution is 2.29. The van der Waals surface area contributed by atoms with Gasteiger partial charge in [-0.25, -0.2) is 4.79 Å². The number of aromatic nitrogens is 2. The smallest absolute Gasteiger partial charge is 0.337 e. The third-order valence-corrected chi connectivity index (χ3v) is 3.08. The van der Waals surface area contributed by atoms with Crippen LogP contribution < -0.4 is 5.73 Å². The van der Waals surface area contributed by atoms with Crippen LogP contribution in [0.2, 0.25) is 0 Å². The number of anilines is 1. The molecular weight excluding hydrogens is 230 g/mol. The molecule has 2 rings (SSSR count). The number of aromatic carboxylic acids is 1. The minimum atomic E-state index is -1.02. The van der Waals surface area contributed by atoms with Gasteiger partial charge in [0.1, 0.15) is 0 Å². The van der Waals surface area contributed by atoms with Crippen LogP contribution in [-0.2, 0) is 7.05 Å². The van der Waals surface area contributed by atoms with E-state index in [2.05, 4.69) is 5.10 Å². The Bertz CT molecular complexity index is 629. The Labute approximate surface area is 105 Å². The first-order valence-corrected chi connectivity index (χ1v) is 5.55. The molecule has 0 saturated carbocycles. The maximum atomic E-state index is 10.9. The minimum absolute atomic E-state index is 0.123. The van der Waals surface area contributed by atoms with Crippen molar-refractivity contribution in [2.75, 3.05) is 5.73 Å². The molecule has 1 heterocycles. The van der Waals surface area contributed by atoms with Crippen LogP contribution in [0.4, 0.5) is 5.69 Å². The molecule has 0 spiro atoms. The van der Waals surface area contributed by atoms with Gasteiger partial charge < -0.3 is 10.8 Å². The molecule has 1 aromatic heterocycles. The van der Waals surface area contributed by atoms with E-state index in [1.807, 2.05) is 20.9 Å². The summed E-state index contributed by atoms with van der Waals surface area (Å²) < 4.78 is 1.80. The first kappa shape index (κ1) is 12.2. The zero-order valence-corrected chi connectivity index (χ0v) is 10.6. The number of nitrogen functional groups attached to an aromatic ring is 1. The lowest BCUT2D eigenvalue weighted by Crippen LogP contribution is -2.02. The molecule has 0 bridgehead atoms. The van der Waals surface area contributed by atoms with Gasteiger partial charge in [-0.2, -0.15) is 5.10 Å². The Hall–Kier alpha value is -2.30. The molecule has 0 amide bonds. The van der Waals surface area contributed by atoms with Crippen LogP contribution >= 0.6 is 0 Å². The number of hydrogen-bond acceptors (Lipinski definition) is 3. The van der Waals surface area contributed by atoms with Crippen LogP contribution in [0, 0.1) is 13.8 Å². The van der Waals surface area contributed by atoms with Crippen LogP contribution in [0.15, 0.2) is 18.2 Å². The molecular formula is C13H15N3O2. The molecule has 3 N–H and O–H groups in total. The van der Waals surface area contributed by atoms with Gasteiger partial charge in [0.05, 0.1) is 11.3 Å². The molecule has 2 aromatic rings. The quantitative estimate of drug-likeness (QED) is 0.793. The first-order chi connectivity index (χ1) is 8.41. The lowest BCUT2D eigenvalue weighted by Gasteiger charge is -2.06. The van der Waals surface area contributed by atoms with Crippen molar-refractivity contribution in [3.8, 4) is 11.1 Å². The number of nitrogens with zero attached hydrogens (tertiary/aromatic N) is 2. The molecule has 0 radical (unpaired) electrons. The molecule has 0 aliphatic carbocycles. The summed E-state index contributed by atoms with van der Waals surface area (Å²) in [5.74, 6) is -1.02. The number of hydrogen-bond donors (Lipinski definition) is 2. The summed E-state index contributed by atoms with van der Waals surface area (Å²) in [4.78, 5) is 10.9. The van der Waals surface area contributed by atoms with Gasteiger partial charge in [-0.3, -0.25) is 4.68 Å². The van der Waals surface area contributed by atoms with Crippen molar-refractivity contribution < 1.29 is 9.90 Å². The number of carboxylic acid groups (broad SMARTS) is 1. The summed E-state index contributed by atoms with van der Waals surface area (Å²) >= 11 is 0. The molecule has 1 aromatic carbocycles. The molecule has 0 unspecified atom stereocenters. The molecule has 0 atom stereocenters. The Morgan fingerprint density at radius 2 is 2.06 bits per heavy atom. The van der Waals surface area contributed by atoms with Gasteiger partial charge >= 0.3 is 5.97 Å². The summed E-state index contributed by atoms with van der Waals surface area (Å²) in [5.41, 5.74) is 9.96. The average Bonchev–Trinajstić information content (AvgIpc) is 2.52. The van der Waals surface area contributed by atoms with Gasteiger partial charge in [-0.15, -0.1) is 0 Å². The van der Waals surface area contributed by atoms with Gasteiger partial charge in [0, 0.05) is 24.0 Å². The predicted molar refractivity (Wildman–Crippen MR) is 69.5 cm³/mol. The summed E-state index contributed by atoms with van der Waals surface area (Å²) in [6.45, 7) is 3.89. The van der Waals surface area contributed by atoms with Crippen molar-refractivity contribution in [1.29, 1.82) is 0 Å². The van der Waals surface area contributed by atoms with Gasteiger partial charge in [0.25, 0.3) is 0 Å². The van der Waals surface area contributed by atoms with Crippen LogP contribution in [-0.4, -0.2) is 20.9 Å². The summed E-state index contributed by atoms with van der Waals surface area (Å²) in [6, 6.07) is 4.97. The zero-order chi connectivity index (χ0) is 13.4. The maximum absolute atomic E-state index is 10.9. The van der Waals surface area contributed by atoms with E-state index in [0.29, 0.717) is 0 Å². The van der Waals surface area contributed by atoms with Gasteiger partial charge in [-0.1, -0.05) is 6.07 Å². The fourth-order valence-electron chi connectivity index (χ4n) is 2.10. The van der Waals surface area contributed by atoms with Gasteiger partial charge in [0.2, 0.25) is 0 Å². The molecule has 0 fully saturated rings. The number of aryl methyl sites for hydroxylation is 2. The number of rotatable bonds is 2. The van der Waals surface area contributed by atoms with Crippen LogP contribution in [0.1, 0.15) is 21.7 Å². The normalized spacial score (nSPS) is 10.6. The number of carbonyl (C=O) groups is 1.